The number of carbonyl (C=O) groups excluding carboxylic acids is 2. The number of Topliss-reactive ketones (excluding diaryl/α,β-unsaturated/α-hetero) is 1. The molecule has 1 atom stereocenters. The van der Waals surface area contributed by atoms with Crippen molar-refractivity contribution in [3.8, 4) is 11.5 Å². The molecule has 0 unspecified atom stereocenters. The summed E-state index contributed by atoms with van der Waals surface area (Å²) < 4.78 is 17.0. The summed E-state index contributed by atoms with van der Waals surface area (Å²) >= 11 is 3.70. The number of methoxy groups -OCH3 is 1. The van der Waals surface area contributed by atoms with Crippen LogP contribution in [0.25, 0.3) is 16.3 Å². The van der Waals surface area contributed by atoms with Crippen LogP contribution in [0.1, 0.15) is 50.8 Å². The highest BCUT2D eigenvalue weighted by Gasteiger charge is 2.41. The lowest BCUT2D eigenvalue weighted by atomic mass is 9.68. The normalized spacial score (nSPS) is 18.1. The highest BCUT2D eigenvalue weighted by atomic mass is 79.9. The standard InChI is InChI=1S/C30H30BrNO5/c1-5-36-26(34)16-37-25-13-21(31)19(12-24(25)35-4)29-28-20(14-30(2,3)15-23(28)33)27-18-9-7-6-8-17(18)10-11-22(27)32-29/h6-13,29,32H,5,14-16H2,1-4H3/t29-/m1/s1. The van der Waals surface area contributed by atoms with Gasteiger partial charge in [-0.25, -0.2) is 4.79 Å². The van der Waals surface area contributed by atoms with Crippen LogP contribution < -0.4 is 14.8 Å². The Bertz CT molecular complexity index is 1440. The minimum Gasteiger partial charge on any atom is -0.493 e. The van der Waals surface area contributed by atoms with Crippen molar-refractivity contribution in [1.29, 1.82) is 0 Å². The molecule has 7 heteroatoms. The second-order valence-electron chi connectivity index (χ2n) is 10.2. The van der Waals surface area contributed by atoms with Gasteiger partial charge in [0.05, 0.1) is 19.8 Å². The van der Waals surface area contributed by atoms with Crippen molar-refractivity contribution in [2.45, 2.75) is 39.7 Å². The van der Waals surface area contributed by atoms with Crippen molar-refractivity contribution in [3.05, 3.63) is 69.7 Å². The van der Waals surface area contributed by atoms with E-state index in [1.54, 1.807) is 20.1 Å². The van der Waals surface area contributed by atoms with Crippen LogP contribution >= 0.6 is 15.9 Å². The maximum atomic E-state index is 13.7. The van der Waals surface area contributed by atoms with Crippen molar-refractivity contribution >= 4 is 49.7 Å². The van der Waals surface area contributed by atoms with Gasteiger partial charge < -0.3 is 19.5 Å². The molecule has 1 aliphatic heterocycles. The Hall–Kier alpha value is -3.32. The lowest BCUT2D eigenvalue weighted by Crippen LogP contribution is -2.33. The number of carbonyl (C=O) groups is 2. The van der Waals surface area contributed by atoms with Crippen LogP contribution in [0.15, 0.2) is 58.6 Å². The zero-order valence-electron chi connectivity index (χ0n) is 21.4. The molecule has 0 spiro atoms. The number of halogens is 1. The number of anilines is 1. The number of ketones is 1. The van der Waals surface area contributed by atoms with E-state index in [1.807, 2.05) is 18.2 Å². The summed E-state index contributed by atoms with van der Waals surface area (Å²) in [7, 11) is 1.55. The van der Waals surface area contributed by atoms with E-state index in [9.17, 15) is 9.59 Å². The van der Waals surface area contributed by atoms with Gasteiger partial charge in [-0.15, -0.1) is 0 Å². The molecular weight excluding hydrogens is 534 g/mol. The quantitative estimate of drug-likeness (QED) is 0.330. The van der Waals surface area contributed by atoms with Gasteiger partial charge in [0.2, 0.25) is 0 Å². The number of nitrogens with one attached hydrogen (secondary N) is 1. The molecule has 0 amide bonds. The van der Waals surface area contributed by atoms with E-state index in [1.165, 1.54) is 0 Å². The molecule has 3 aromatic rings. The van der Waals surface area contributed by atoms with Gasteiger partial charge in [0.15, 0.2) is 23.9 Å². The second-order valence-corrected chi connectivity index (χ2v) is 11.1. The van der Waals surface area contributed by atoms with Crippen molar-refractivity contribution in [1.82, 2.24) is 0 Å². The average Bonchev–Trinajstić information content (AvgIpc) is 2.86. The van der Waals surface area contributed by atoms with Crippen LogP contribution in [-0.4, -0.2) is 32.1 Å². The van der Waals surface area contributed by atoms with E-state index in [0.29, 0.717) is 17.9 Å². The summed E-state index contributed by atoms with van der Waals surface area (Å²) in [5.74, 6) is 0.585. The number of ether oxygens (including phenoxy) is 3. The molecule has 37 heavy (non-hydrogen) atoms. The Morgan fingerprint density at radius 3 is 2.65 bits per heavy atom. The largest absolute Gasteiger partial charge is 0.493 e. The fourth-order valence-electron chi connectivity index (χ4n) is 5.45. The first-order valence-electron chi connectivity index (χ1n) is 12.4. The molecular formula is C30H30BrNO5. The van der Waals surface area contributed by atoms with Gasteiger partial charge in [-0.2, -0.15) is 0 Å². The lowest BCUT2D eigenvalue weighted by Gasteiger charge is -2.40. The molecule has 0 fully saturated rings. The molecule has 1 heterocycles. The van der Waals surface area contributed by atoms with Crippen molar-refractivity contribution < 1.29 is 23.8 Å². The van der Waals surface area contributed by atoms with Crippen LogP contribution in [0.5, 0.6) is 11.5 Å². The number of hydrogen-bond acceptors (Lipinski definition) is 6. The Morgan fingerprint density at radius 2 is 1.89 bits per heavy atom. The molecule has 0 bridgehead atoms. The number of hydrogen-bond donors (Lipinski definition) is 1. The van der Waals surface area contributed by atoms with Gasteiger partial charge in [-0.1, -0.05) is 60.1 Å². The molecule has 5 rings (SSSR count). The molecule has 0 aromatic heterocycles. The lowest BCUT2D eigenvalue weighted by molar-refractivity contribution is -0.145. The molecule has 0 saturated heterocycles. The summed E-state index contributed by atoms with van der Waals surface area (Å²) in [6.07, 6.45) is 1.29. The maximum Gasteiger partial charge on any atom is 0.344 e. The van der Waals surface area contributed by atoms with Crippen LogP contribution in [0.2, 0.25) is 0 Å². The van der Waals surface area contributed by atoms with E-state index in [2.05, 4.69) is 59.4 Å². The topological polar surface area (TPSA) is 73.9 Å². The number of benzene rings is 3. The number of esters is 1. The molecule has 1 aliphatic carbocycles. The summed E-state index contributed by atoms with van der Waals surface area (Å²) in [5, 5.41) is 5.95. The second kappa shape index (κ2) is 9.86. The third-order valence-corrected chi connectivity index (χ3v) is 7.67. The van der Waals surface area contributed by atoms with Gasteiger partial charge in [-0.3, -0.25) is 4.79 Å². The number of allylic oxidation sites excluding steroid dienone is 1. The predicted molar refractivity (Wildman–Crippen MR) is 148 cm³/mol. The van der Waals surface area contributed by atoms with Gasteiger partial charge in [0.25, 0.3) is 0 Å². The van der Waals surface area contributed by atoms with Crippen LogP contribution in [-0.2, 0) is 14.3 Å². The summed E-state index contributed by atoms with van der Waals surface area (Å²) in [6.45, 7) is 6.13. The van der Waals surface area contributed by atoms with Crippen molar-refractivity contribution in [2.75, 3.05) is 25.6 Å². The zero-order chi connectivity index (χ0) is 26.3. The smallest absolute Gasteiger partial charge is 0.344 e. The van der Waals surface area contributed by atoms with Gasteiger partial charge >= 0.3 is 5.97 Å². The fourth-order valence-corrected chi connectivity index (χ4v) is 6.01. The predicted octanol–water partition coefficient (Wildman–Crippen LogP) is 6.86. The van der Waals surface area contributed by atoms with Crippen molar-refractivity contribution in [2.24, 2.45) is 5.41 Å². The first-order chi connectivity index (χ1) is 17.7. The summed E-state index contributed by atoms with van der Waals surface area (Å²) in [5.41, 5.74) is 4.74. The average molecular weight is 564 g/mol. The first kappa shape index (κ1) is 25.3. The highest BCUT2D eigenvalue weighted by molar-refractivity contribution is 9.10. The molecule has 0 radical (unpaired) electrons. The molecule has 6 nitrogen and oxygen atoms in total. The monoisotopic (exact) mass is 563 g/mol. The first-order valence-corrected chi connectivity index (χ1v) is 13.2. The highest BCUT2D eigenvalue weighted by Crippen LogP contribution is 2.53. The minimum absolute atomic E-state index is 0.133. The zero-order valence-corrected chi connectivity index (χ0v) is 23.0. The van der Waals surface area contributed by atoms with Crippen LogP contribution in [0, 0.1) is 5.41 Å². The van der Waals surface area contributed by atoms with Gasteiger partial charge in [0, 0.05) is 27.7 Å². The molecule has 1 N–H and O–H groups in total. The third-order valence-electron chi connectivity index (χ3n) is 6.98. The third kappa shape index (κ3) is 4.73. The number of rotatable bonds is 6. The maximum absolute atomic E-state index is 13.7. The van der Waals surface area contributed by atoms with E-state index < -0.39 is 5.97 Å². The molecule has 2 aliphatic rings. The number of fused-ring (bicyclic) bond motifs is 4. The molecule has 3 aromatic carbocycles. The fraction of sp³-hybridized carbons (Fsp3) is 0.333. The van der Waals surface area contributed by atoms with E-state index in [4.69, 9.17) is 14.2 Å². The molecule has 0 saturated carbocycles. The Balaban J connectivity index is 1.64. The SMILES string of the molecule is CCOC(=O)COc1cc(Br)c([C@H]2Nc3ccc4ccccc4c3C3=C2C(=O)CC(C)(C)C3)cc1OC. The summed E-state index contributed by atoms with van der Waals surface area (Å²) in [4.78, 5) is 25.5. The van der Waals surface area contributed by atoms with E-state index >= 15 is 0 Å². The summed E-state index contributed by atoms with van der Waals surface area (Å²) in [6, 6.07) is 15.8. The Kier molecular flexibility index (Phi) is 6.75. The Labute approximate surface area is 225 Å². The van der Waals surface area contributed by atoms with E-state index in [-0.39, 0.29) is 30.5 Å². The van der Waals surface area contributed by atoms with Crippen molar-refractivity contribution in [3.63, 3.8) is 0 Å². The van der Waals surface area contributed by atoms with E-state index in [0.717, 1.165) is 49.6 Å². The van der Waals surface area contributed by atoms with Gasteiger partial charge in [0.1, 0.15) is 0 Å². The van der Waals surface area contributed by atoms with Gasteiger partial charge in [-0.05, 0) is 58.9 Å². The molecule has 192 valence electrons. The van der Waals surface area contributed by atoms with Crippen LogP contribution in [0.3, 0.4) is 0 Å². The Morgan fingerprint density at radius 1 is 1.11 bits per heavy atom. The minimum atomic E-state index is -0.451. The van der Waals surface area contributed by atoms with Crippen LogP contribution in [0.4, 0.5) is 5.69 Å².